The molecule has 6 nitrogen and oxygen atoms in total. The van der Waals surface area contributed by atoms with E-state index in [9.17, 15) is 31.5 Å². The zero-order valence-electron chi connectivity index (χ0n) is 19.7. The number of anilines is 1. The standard InChI is InChI=1S/C25H24F5N3O3/c1-11(2)20-13-4-5-14(20)22(33-23(34)15-9-16(26)17(27)10-18(15)36-3)21(13)24(35)32-12-6-7-31-19(8-12)25(28,29)30/h6-10,13-14,21-22H,4-5H2,1-3H3,(H,33,34)(H,31,32,35)/t13?,14?,21-,22+/m0/s1. The molecule has 0 radical (unpaired) electrons. The van der Waals surface area contributed by atoms with E-state index in [4.69, 9.17) is 4.74 Å². The Morgan fingerprint density at radius 2 is 1.72 bits per heavy atom. The van der Waals surface area contributed by atoms with E-state index in [2.05, 4.69) is 15.6 Å². The Hall–Kier alpha value is -3.50. The number of ether oxygens (including phenoxy) is 1. The summed E-state index contributed by atoms with van der Waals surface area (Å²) in [4.78, 5) is 29.8. The van der Waals surface area contributed by atoms with Gasteiger partial charge in [-0.2, -0.15) is 13.2 Å². The van der Waals surface area contributed by atoms with E-state index in [0.717, 1.165) is 35.5 Å². The second-order valence-electron chi connectivity index (χ2n) is 9.15. The van der Waals surface area contributed by atoms with E-state index in [1.165, 1.54) is 13.2 Å². The lowest BCUT2D eigenvalue weighted by atomic mass is 9.83. The molecule has 2 unspecified atom stereocenters. The number of alkyl halides is 3. The van der Waals surface area contributed by atoms with Gasteiger partial charge in [-0.3, -0.25) is 14.6 Å². The van der Waals surface area contributed by atoms with Crippen LogP contribution in [0.5, 0.6) is 5.75 Å². The normalized spacial score (nSPS) is 22.9. The molecule has 4 rings (SSSR count). The van der Waals surface area contributed by atoms with Gasteiger partial charge < -0.3 is 15.4 Å². The number of carbonyl (C=O) groups is 2. The molecule has 1 aromatic heterocycles. The number of nitrogens with one attached hydrogen (secondary N) is 2. The molecule has 11 heteroatoms. The van der Waals surface area contributed by atoms with Crippen LogP contribution in [0.25, 0.3) is 0 Å². The van der Waals surface area contributed by atoms with Gasteiger partial charge in [-0.1, -0.05) is 11.1 Å². The van der Waals surface area contributed by atoms with E-state index in [1.807, 2.05) is 13.8 Å². The molecule has 2 aliphatic carbocycles. The number of rotatable bonds is 5. The summed E-state index contributed by atoms with van der Waals surface area (Å²) in [5.41, 5.74) is 0.555. The molecule has 2 bridgehead atoms. The zero-order chi connectivity index (χ0) is 26.4. The molecule has 2 aliphatic rings. The molecule has 192 valence electrons. The second-order valence-corrected chi connectivity index (χ2v) is 9.15. The molecule has 0 saturated heterocycles. The summed E-state index contributed by atoms with van der Waals surface area (Å²) in [6.45, 7) is 3.80. The van der Waals surface area contributed by atoms with Crippen molar-refractivity contribution in [1.82, 2.24) is 10.3 Å². The lowest BCUT2D eigenvalue weighted by molar-refractivity contribution is -0.141. The van der Waals surface area contributed by atoms with Crippen LogP contribution >= 0.6 is 0 Å². The van der Waals surface area contributed by atoms with Crippen molar-refractivity contribution < 1.29 is 36.3 Å². The highest BCUT2D eigenvalue weighted by atomic mass is 19.4. The van der Waals surface area contributed by atoms with Crippen LogP contribution in [0.3, 0.4) is 0 Å². The number of hydrogen-bond acceptors (Lipinski definition) is 4. The number of amides is 2. The van der Waals surface area contributed by atoms with Gasteiger partial charge in [0.05, 0.1) is 18.6 Å². The number of benzene rings is 1. The Morgan fingerprint density at radius 1 is 1.06 bits per heavy atom. The molecule has 2 aromatic rings. The minimum Gasteiger partial charge on any atom is -0.496 e. The van der Waals surface area contributed by atoms with Gasteiger partial charge in [0.15, 0.2) is 11.6 Å². The van der Waals surface area contributed by atoms with Gasteiger partial charge in [0.25, 0.3) is 5.91 Å². The minimum atomic E-state index is -4.68. The summed E-state index contributed by atoms with van der Waals surface area (Å²) in [5, 5.41) is 5.33. The summed E-state index contributed by atoms with van der Waals surface area (Å²) in [5.74, 6) is -5.07. The predicted octanol–water partition coefficient (Wildman–Crippen LogP) is 5.12. The third-order valence-corrected chi connectivity index (χ3v) is 6.82. The Kier molecular flexibility index (Phi) is 6.76. The van der Waals surface area contributed by atoms with Gasteiger partial charge in [-0.25, -0.2) is 8.78 Å². The van der Waals surface area contributed by atoms with Crippen LogP contribution in [0.1, 0.15) is 42.7 Å². The summed E-state index contributed by atoms with van der Waals surface area (Å²) < 4.78 is 71.7. The highest BCUT2D eigenvalue weighted by Gasteiger charge is 2.55. The number of methoxy groups -OCH3 is 1. The SMILES string of the molecule is COc1cc(F)c(F)cc1C(=O)N[C@@H]1C2CCC(C2=C(C)C)[C@@H]1C(=O)Nc1ccnc(C(F)(F)F)c1. The average molecular weight is 509 g/mol. The molecule has 0 spiro atoms. The first-order valence-corrected chi connectivity index (χ1v) is 11.3. The monoisotopic (exact) mass is 509 g/mol. The topological polar surface area (TPSA) is 80.3 Å². The first-order chi connectivity index (χ1) is 16.9. The van der Waals surface area contributed by atoms with Crippen LogP contribution in [0.2, 0.25) is 0 Å². The fourth-order valence-electron chi connectivity index (χ4n) is 5.46. The Labute approximate surface area is 203 Å². The van der Waals surface area contributed by atoms with Crippen molar-refractivity contribution in [3.05, 3.63) is 64.5 Å². The molecule has 1 heterocycles. The quantitative estimate of drug-likeness (QED) is 0.433. The average Bonchev–Trinajstić information content (AvgIpc) is 3.37. The van der Waals surface area contributed by atoms with E-state index in [1.54, 1.807) is 0 Å². The fraction of sp³-hybridized carbons (Fsp3) is 0.400. The van der Waals surface area contributed by atoms with Crippen molar-refractivity contribution in [1.29, 1.82) is 0 Å². The summed E-state index contributed by atoms with van der Waals surface area (Å²) in [6.07, 6.45) is -2.35. The Morgan fingerprint density at radius 3 is 2.36 bits per heavy atom. The predicted molar refractivity (Wildman–Crippen MR) is 120 cm³/mol. The Balaban J connectivity index is 1.64. The van der Waals surface area contributed by atoms with Crippen LogP contribution in [-0.4, -0.2) is 29.9 Å². The van der Waals surface area contributed by atoms with Crippen LogP contribution in [0, 0.1) is 29.4 Å². The van der Waals surface area contributed by atoms with Crippen molar-refractivity contribution in [3.8, 4) is 5.75 Å². The molecule has 1 aromatic carbocycles. The minimum absolute atomic E-state index is 0.0730. The maximum atomic E-state index is 13.9. The van der Waals surface area contributed by atoms with Crippen molar-refractivity contribution in [2.24, 2.45) is 17.8 Å². The number of allylic oxidation sites excluding steroid dienone is 1. The lowest BCUT2D eigenvalue weighted by Crippen LogP contribution is -2.48. The number of pyridine rings is 1. The van der Waals surface area contributed by atoms with Crippen molar-refractivity contribution in [3.63, 3.8) is 0 Å². The van der Waals surface area contributed by atoms with Gasteiger partial charge >= 0.3 is 6.18 Å². The molecule has 2 saturated carbocycles. The van der Waals surface area contributed by atoms with Crippen molar-refractivity contribution in [2.75, 3.05) is 12.4 Å². The van der Waals surface area contributed by atoms with Gasteiger partial charge in [0.1, 0.15) is 11.4 Å². The van der Waals surface area contributed by atoms with Crippen molar-refractivity contribution >= 4 is 17.5 Å². The molecule has 4 atom stereocenters. The lowest BCUT2D eigenvalue weighted by Gasteiger charge is -2.30. The van der Waals surface area contributed by atoms with Crippen LogP contribution in [0.4, 0.5) is 27.6 Å². The molecule has 36 heavy (non-hydrogen) atoms. The summed E-state index contributed by atoms with van der Waals surface area (Å²) in [7, 11) is 1.21. The van der Waals surface area contributed by atoms with Gasteiger partial charge in [-0.15, -0.1) is 0 Å². The van der Waals surface area contributed by atoms with Crippen LogP contribution in [-0.2, 0) is 11.0 Å². The third kappa shape index (κ3) is 4.66. The zero-order valence-corrected chi connectivity index (χ0v) is 19.7. The van der Waals surface area contributed by atoms with E-state index in [-0.39, 0.29) is 28.8 Å². The van der Waals surface area contributed by atoms with Gasteiger partial charge in [0, 0.05) is 29.9 Å². The molecule has 0 aliphatic heterocycles. The summed E-state index contributed by atoms with van der Waals surface area (Å²) in [6, 6.07) is 2.78. The molecule has 2 fully saturated rings. The van der Waals surface area contributed by atoms with E-state index < -0.39 is 47.3 Å². The number of aromatic nitrogens is 1. The number of halogens is 5. The number of fused-ring (bicyclic) bond motifs is 2. The number of hydrogen-bond donors (Lipinski definition) is 2. The van der Waals surface area contributed by atoms with Gasteiger partial charge in [-0.05, 0) is 50.8 Å². The second kappa shape index (κ2) is 9.51. The fourth-order valence-corrected chi connectivity index (χ4v) is 5.46. The van der Waals surface area contributed by atoms with Gasteiger partial charge in [0.2, 0.25) is 5.91 Å². The van der Waals surface area contributed by atoms with Crippen LogP contribution < -0.4 is 15.4 Å². The molecular weight excluding hydrogens is 485 g/mol. The smallest absolute Gasteiger partial charge is 0.433 e. The number of nitrogens with zero attached hydrogens (tertiary/aromatic N) is 1. The third-order valence-electron chi connectivity index (χ3n) is 6.82. The van der Waals surface area contributed by atoms with E-state index >= 15 is 0 Å². The molecular formula is C25H24F5N3O3. The molecule has 2 N–H and O–H groups in total. The largest absolute Gasteiger partial charge is 0.496 e. The highest BCUT2D eigenvalue weighted by Crippen LogP contribution is 2.54. The maximum Gasteiger partial charge on any atom is 0.433 e. The van der Waals surface area contributed by atoms with E-state index in [0.29, 0.717) is 12.8 Å². The Bertz CT molecular complexity index is 1240. The first kappa shape index (κ1) is 25.6. The first-order valence-electron chi connectivity index (χ1n) is 11.3. The molecule has 2 amide bonds. The number of carbonyl (C=O) groups excluding carboxylic acids is 2. The maximum absolute atomic E-state index is 13.9. The highest BCUT2D eigenvalue weighted by molar-refractivity contribution is 5.99. The van der Waals surface area contributed by atoms with Crippen molar-refractivity contribution in [2.45, 2.75) is 38.9 Å². The summed E-state index contributed by atoms with van der Waals surface area (Å²) >= 11 is 0. The van der Waals surface area contributed by atoms with Crippen LogP contribution in [0.15, 0.2) is 41.6 Å².